The third-order valence-corrected chi connectivity index (χ3v) is 4.06. The first-order valence-corrected chi connectivity index (χ1v) is 7.18. The van der Waals surface area contributed by atoms with E-state index in [1.807, 2.05) is 12.1 Å². The van der Waals surface area contributed by atoms with Gasteiger partial charge in [0.1, 0.15) is 4.99 Å². The number of aryl methyl sites for hydroxylation is 1. The summed E-state index contributed by atoms with van der Waals surface area (Å²) in [6.45, 7) is 5.57. The van der Waals surface area contributed by atoms with Crippen molar-refractivity contribution < 1.29 is 0 Å². The second-order valence-electron chi connectivity index (χ2n) is 5.23. The minimum absolute atomic E-state index is 0.505. The number of thiocarbonyl (C=S) groups is 1. The van der Waals surface area contributed by atoms with Gasteiger partial charge in [0.2, 0.25) is 0 Å². The Bertz CT molecular complexity index is 442. The summed E-state index contributed by atoms with van der Waals surface area (Å²) in [5.74, 6) is 0. The lowest BCUT2D eigenvalue weighted by atomic mass is 10.0. The van der Waals surface area contributed by atoms with Gasteiger partial charge in [-0.3, -0.25) is 0 Å². The predicted octanol–water partition coefficient (Wildman–Crippen LogP) is 3.40. The van der Waals surface area contributed by atoms with Crippen LogP contribution in [0.2, 0.25) is 0 Å². The van der Waals surface area contributed by atoms with Crippen molar-refractivity contribution in [3.63, 3.8) is 0 Å². The molecule has 1 saturated heterocycles. The Hall–Kier alpha value is -1.09. The van der Waals surface area contributed by atoms with Crippen LogP contribution in [-0.4, -0.2) is 17.6 Å². The summed E-state index contributed by atoms with van der Waals surface area (Å²) < 4.78 is 0. The van der Waals surface area contributed by atoms with Crippen molar-refractivity contribution in [3.8, 4) is 0 Å². The van der Waals surface area contributed by atoms with Crippen molar-refractivity contribution >= 4 is 22.9 Å². The number of rotatable bonds is 2. The van der Waals surface area contributed by atoms with Crippen LogP contribution in [0.4, 0.5) is 5.69 Å². The molecular formula is C15H22N2S. The maximum absolute atomic E-state index is 5.88. The Balaban J connectivity index is 2.44. The van der Waals surface area contributed by atoms with Gasteiger partial charge in [-0.05, 0) is 38.3 Å². The summed E-state index contributed by atoms with van der Waals surface area (Å²) in [5, 5.41) is 0. The lowest BCUT2D eigenvalue weighted by molar-refractivity contribution is 0.615. The Labute approximate surface area is 115 Å². The fourth-order valence-corrected chi connectivity index (χ4v) is 3.01. The molecule has 1 atom stereocenters. The molecule has 1 fully saturated rings. The highest BCUT2D eigenvalue weighted by molar-refractivity contribution is 7.80. The third-order valence-electron chi connectivity index (χ3n) is 3.84. The molecule has 1 aromatic rings. The molecule has 1 heterocycles. The molecule has 0 bridgehead atoms. The zero-order chi connectivity index (χ0) is 13.1. The van der Waals surface area contributed by atoms with Crippen LogP contribution in [0.1, 0.15) is 43.7 Å². The second-order valence-corrected chi connectivity index (χ2v) is 5.67. The van der Waals surface area contributed by atoms with E-state index in [0.717, 1.165) is 12.1 Å². The third kappa shape index (κ3) is 2.66. The van der Waals surface area contributed by atoms with E-state index in [0.29, 0.717) is 11.0 Å². The lowest BCUT2D eigenvalue weighted by Gasteiger charge is -2.32. The largest absolute Gasteiger partial charge is 0.389 e. The molecule has 0 aliphatic carbocycles. The number of benzene rings is 1. The number of anilines is 1. The minimum Gasteiger partial charge on any atom is -0.389 e. The minimum atomic E-state index is 0.505. The molecule has 1 aliphatic rings. The number of hydrogen-bond acceptors (Lipinski definition) is 2. The first-order chi connectivity index (χ1) is 8.61. The van der Waals surface area contributed by atoms with E-state index in [-0.39, 0.29) is 0 Å². The zero-order valence-electron chi connectivity index (χ0n) is 11.3. The van der Waals surface area contributed by atoms with Crippen molar-refractivity contribution in [1.29, 1.82) is 0 Å². The van der Waals surface area contributed by atoms with Gasteiger partial charge >= 0.3 is 0 Å². The van der Waals surface area contributed by atoms with Gasteiger partial charge in [0, 0.05) is 18.2 Å². The molecule has 18 heavy (non-hydrogen) atoms. The summed E-state index contributed by atoms with van der Waals surface area (Å²) in [6, 6.07) is 6.80. The summed E-state index contributed by atoms with van der Waals surface area (Å²) in [6.07, 6.45) is 5.17. The molecule has 0 radical (unpaired) electrons. The van der Waals surface area contributed by atoms with E-state index in [4.69, 9.17) is 18.0 Å². The van der Waals surface area contributed by atoms with Gasteiger partial charge in [-0.15, -0.1) is 0 Å². The molecule has 2 N–H and O–H groups in total. The standard InChI is InChI=1S/C15H22N2S/c1-11-7-6-9-13(15(16)18)14(11)17-10-5-3-4-8-12(17)2/h6-7,9,12H,3-5,8,10H2,1-2H3,(H2,16,18). The molecule has 2 rings (SSSR count). The average Bonchev–Trinajstić information content (AvgIpc) is 2.54. The van der Waals surface area contributed by atoms with Gasteiger partial charge in [0.15, 0.2) is 0 Å². The van der Waals surface area contributed by atoms with Crippen molar-refractivity contribution in [3.05, 3.63) is 29.3 Å². The van der Waals surface area contributed by atoms with Gasteiger partial charge in [-0.25, -0.2) is 0 Å². The molecule has 0 amide bonds. The zero-order valence-corrected chi connectivity index (χ0v) is 12.1. The Morgan fingerprint density at radius 1 is 1.33 bits per heavy atom. The first-order valence-electron chi connectivity index (χ1n) is 6.77. The fraction of sp³-hybridized carbons (Fsp3) is 0.533. The van der Waals surface area contributed by atoms with E-state index in [2.05, 4.69) is 24.8 Å². The number of hydrogen-bond donors (Lipinski definition) is 1. The Morgan fingerprint density at radius 3 is 2.83 bits per heavy atom. The summed E-state index contributed by atoms with van der Waals surface area (Å²) in [4.78, 5) is 3.00. The van der Waals surface area contributed by atoms with Gasteiger partial charge in [-0.2, -0.15) is 0 Å². The molecule has 1 aromatic carbocycles. The molecule has 2 nitrogen and oxygen atoms in total. The highest BCUT2D eigenvalue weighted by Gasteiger charge is 2.21. The lowest BCUT2D eigenvalue weighted by Crippen LogP contribution is -2.34. The first kappa shape index (κ1) is 13.3. The Morgan fingerprint density at radius 2 is 2.11 bits per heavy atom. The monoisotopic (exact) mass is 262 g/mol. The smallest absolute Gasteiger partial charge is 0.106 e. The molecule has 0 saturated carbocycles. The average molecular weight is 262 g/mol. The van der Waals surface area contributed by atoms with Crippen LogP contribution < -0.4 is 10.6 Å². The van der Waals surface area contributed by atoms with Crippen LogP contribution in [0, 0.1) is 6.92 Å². The van der Waals surface area contributed by atoms with E-state index in [9.17, 15) is 0 Å². The normalized spacial score (nSPS) is 20.6. The molecule has 98 valence electrons. The molecule has 3 heteroatoms. The topological polar surface area (TPSA) is 29.3 Å². The number of para-hydroxylation sites is 1. The van der Waals surface area contributed by atoms with Crippen molar-refractivity contribution in [2.75, 3.05) is 11.4 Å². The van der Waals surface area contributed by atoms with E-state index in [1.54, 1.807) is 0 Å². The maximum Gasteiger partial charge on any atom is 0.106 e. The van der Waals surface area contributed by atoms with Crippen LogP contribution in [0.15, 0.2) is 18.2 Å². The second kappa shape index (κ2) is 5.70. The van der Waals surface area contributed by atoms with Crippen LogP contribution >= 0.6 is 12.2 Å². The van der Waals surface area contributed by atoms with E-state index >= 15 is 0 Å². The fourth-order valence-electron chi connectivity index (χ4n) is 2.85. The van der Waals surface area contributed by atoms with Crippen LogP contribution in [0.25, 0.3) is 0 Å². The Kier molecular flexibility index (Phi) is 4.23. The quantitative estimate of drug-likeness (QED) is 0.828. The summed E-state index contributed by atoms with van der Waals surface area (Å²) in [7, 11) is 0. The molecular weight excluding hydrogens is 240 g/mol. The molecule has 0 aromatic heterocycles. The molecule has 1 unspecified atom stereocenters. The van der Waals surface area contributed by atoms with Gasteiger partial charge in [-0.1, -0.05) is 37.2 Å². The SMILES string of the molecule is Cc1cccc(C(N)=S)c1N1CCCCCC1C. The maximum atomic E-state index is 5.88. The van der Waals surface area contributed by atoms with Gasteiger partial charge < -0.3 is 10.6 Å². The molecule has 1 aliphatic heterocycles. The number of nitrogens with two attached hydrogens (primary N) is 1. The van der Waals surface area contributed by atoms with Crippen LogP contribution in [0.5, 0.6) is 0 Å². The van der Waals surface area contributed by atoms with Crippen molar-refractivity contribution in [1.82, 2.24) is 0 Å². The van der Waals surface area contributed by atoms with E-state index < -0.39 is 0 Å². The van der Waals surface area contributed by atoms with Crippen molar-refractivity contribution in [2.24, 2.45) is 5.73 Å². The summed E-state index contributed by atoms with van der Waals surface area (Å²) in [5.41, 5.74) is 9.43. The van der Waals surface area contributed by atoms with E-state index in [1.165, 1.54) is 36.9 Å². The van der Waals surface area contributed by atoms with Crippen LogP contribution in [0.3, 0.4) is 0 Å². The van der Waals surface area contributed by atoms with Crippen molar-refractivity contribution in [2.45, 2.75) is 45.6 Å². The molecule has 0 spiro atoms. The highest BCUT2D eigenvalue weighted by atomic mass is 32.1. The van der Waals surface area contributed by atoms with Gasteiger partial charge in [0.25, 0.3) is 0 Å². The predicted molar refractivity (Wildman–Crippen MR) is 82.3 cm³/mol. The number of nitrogens with zero attached hydrogens (tertiary/aromatic N) is 1. The van der Waals surface area contributed by atoms with Gasteiger partial charge in [0.05, 0.1) is 5.69 Å². The highest BCUT2D eigenvalue weighted by Crippen LogP contribution is 2.30. The summed E-state index contributed by atoms with van der Waals surface area (Å²) >= 11 is 5.20. The van der Waals surface area contributed by atoms with Crippen LogP contribution in [-0.2, 0) is 0 Å².